The molecule has 2 heterocycles. The van der Waals surface area contributed by atoms with Crippen LogP contribution in [0.3, 0.4) is 0 Å². The first kappa shape index (κ1) is 17.1. The molecule has 0 radical (unpaired) electrons. The van der Waals surface area contributed by atoms with E-state index in [0.29, 0.717) is 31.7 Å². The number of halogens is 1. The number of rotatable bonds is 3. The average Bonchev–Trinajstić information content (AvgIpc) is 2.72. The Morgan fingerprint density at radius 2 is 1.82 bits per heavy atom. The Morgan fingerprint density at radius 1 is 1.18 bits per heavy atom. The van der Waals surface area contributed by atoms with E-state index in [-0.39, 0.29) is 17.9 Å². The molecular formula is C16H24BrN3O2. The van der Waals surface area contributed by atoms with Crippen LogP contribution in [0.2, 0.25) is 0 Å². The van der Waals surface area contributed by atoms with Crippen molar-refractivity contribution in [3.63, 3.8) is 0 Å². The van der Waals surface area contributed by atoms with Crippen molar-refractivity contribution >= 4 is 27.7 Å². The first-order valence-corrected chi connectivity index (χ1v) is 8.67. The zero-order valence-corrected chi connectivity index (χ0v) is 15.1. The quantitative estimate of drug-likeness (QED) is 0.821. The molecule has 1 aliphatic heterocycles. The van der Waals surface area contributed by atoms with Gasteiger partial charge in [0.1, 0.15) is 5.69 Å². The molecule has 1 saturated heterocycles. The van der Waals surface area contributed by atoms with Crippen molar-refractivity contribution in [3.8, 4) is 0 Å². The molecule has 22 heavy (non-hydrogen) atoms. The van der Waals surface area contributed by atoms with Gasteiger partial charge in [-0.1, -0.05) is 6.92 Å². The molecule has 0 saturated carbocycles. The first-order valence-electron chi connectivity index (χ1n) is 7.88. The van der Waals surface area contributed by atoms with E-state index in [2.05, 4.69) is 29.8 Å². The summed E-state index contributed by atoms with van der Waals surface area (Å²) >= 11 is 3.45. The Morgan fingerprint density at radius 3 is 2.45 bits per heavy atom. The number of hydrogen-bond acceptors (Lipinski definition) is 2. The van der Waals surface area contributed by atoms with E-state index in [1.807, 2.05) is 33.6 Å². The van der Waals surface area contributed by atoms with Gasteiger partial charge in [0.2, 0.25) is 5.91 Å². The Hall–Kier alpha value is -1.30. The van der Waals surface area contributed by atoms with Gasteiger partial charge < -0.3 is 14.4 Å². The SMILES string of the molecule is CCC(=O)N1CCCN(C(=O)c2cc(Br)cn2C(C)C)CC1. The topological polar surface area (TPSA) is 45.6 Å². The van der Waals surface area contributed by atoms with Gasteiger partial charge in [0.15, 0.2) is 0 Å². The summed E-state index contributed by atoms with van der Waals surface area (Å²) in [4.78, 5) is 28.4. The van der Waals surface area contributed by atoms with Crippen molar-refractivity contribution in [2.24, 2.45) is 0 Å². The number of nitrogens with zero attached hydrogens (tertiary/aromatic N) is 3. The van der Waals surface area contributed by atoms with Gasteiger partial charge in [0.25, 0.3) is 5.91 Å². The van der Waals surface area contributed by atoms with Crippen LogP contribution in [0.25, 0.3) is 0 Å². The highest BCUT2D eigenvalue weighted by molar-refractivity contribution is 9.10. The van der Waals surface area contributed by atoms with Crippen molar-refractivity contribution in [2.75, 3.05) is 26.2 Å². The summed E-state index contributed by atoms with van der Waals surface area (Å²) < 4.78 is 2.91. The lowest BCUT2D eigenvalue weighted by atomic mass is 10.3. The molecule has 1 aliphatic rings. The molecule has 0 aliphatic carbocycles. The lowest BCUT2D eigenvalue weighted by Gasteiger charge is -2.23. The molecule has 0 bridgehead atoms. The zero-order chi connectivity index (χ0) is 16.3. The molecule has 0 spiro atoms. The van der Waals surface area contributed by atoms with Gasteiger partial charge in [-0.3, -0.25) is 9.59 Å². The summed E-state index contributed by atoms with van der Waals surface area (Å²) in [5.41, 5.74) is 0.706. The maximum absolute atomic E-state index is 12.8. The highest BCUT2D eigenvalue weighted by Gasteiger charge is 2.24. The van der Waals surface area contributed by atoms with Crippen molar-refractivity contribution < 1.29 is 9.59 Å². The van der Waals surface area contributed by atoms with Crippen LogP contribution >= 0.6 is 15.9 Å². The summed E-state index contributed by atoms with van der Waals surface area (Å²) in [7, 11) is 0. The van der Waals surface area contributed by atoms with Crippen LogP contribution in [0, 0.1) is 0 Å². The molecule has 0 aromatic carbocycles. The Balaban J connectivity index is 2.12. The normalized spacial score (nSPS) is 16.0. The van der Waals surface area contributed by atoms with E-state index >= 15 is 0 Å². The fourth-order valence-corrected chi connectivity index (χ4v) is 3.24. The van der Waals surface area contributed by atoms with Crippen LogP contribution in [0.15, 0.2) is 16.7 Å². The second-order valence-electron chi connectivity index (χ2n) is 5.92. The summed E-state index contributed by atoms with van der Waals surface area (Å²) in [6.45, 7) is 8.68. The van der Waals surface area contributed by atoms with Gasteiger partial charge in [0, 0.05) is 49.3 Å². The summed E-state index contributed by atoms with van der Waals surface area (Å²) in [5, 5.41) is 0. The second kappa shape index (κ2) is 7.31. The molecule has 2 amide bonds. The van der Waals surface area contributed by atoms with Crippen molar-refractivity contribution in [1.82, 2.24) is 14.4 Å². The Kier molecular flexibility index (Phi) is 5.67. The molecule has 1 aromatic rings. The van der Waals surface area contributed by atoms with Crippen molar-refractivity contribution in [2.45, 2.75) is 39.7 Å². The van der Waals surface area contributed by atoms with E-state index in [1.54, 1.807) is 0 Å². The Bertz CT molecular complexity index is 554. The molecular weight excluding hydrogens is 346 g/mol. The van der Waals surface area contributed by atoms with Gasteiger partial charge in [-0.2, -0.15) is 0 Å². The third-order valence-corrected chi connectivity index (χ3v) is 4.46. The molecule has 1 fully saturated rings. The average molecular weight is 370 g/mol. The molecule has 0 N–H and O–H groups in total. The Labute approximate surface area is 140 Å². The number of aromatic nitrogens is 1. The number of hydrogen-bond donors (Lipinski definition) is 0. The van der Waals surface area contributed by atoms with E-state index in [0.717, 1.165) is 17.4 Å². The summed E-state index contributed by atoms with van der Waals surface area (Å²) in [5.74, 6) is 0.216. The first-order chi connectivity index (χ1) is 10.4. The number of carbonyl (C=O) groups is 2. The highest BCUT2D eigenvalue weighted by Crippen LogP contribution is 2.21. The highest BCUT2D eigenvalue weighted by atomic mass is 79.9. The molecule has 0 atom stereocenters. The van der Waals surface area contributed by atoms with Gasteiger partial charge in [-0.25, -0.2) is 0 Å². The van der Waals surface area contributed by atoms with Crippen LogP contribution in [0.1, 0.15) is 50.1 Å². The largest absolute Gasteiger partial charge is 0.341 e. The smallest absolute Gasteiger partial charge is 0.270 e. The molecule has 1 aromatic heterocycles. The predicted octanol–water partition coefficient (Wildman–Crippen LogP) is 2.92. The van der Waals surface area contributed by atoms with Gasteiger partial charge in [-0.15, -0.1) is 0 Å². The van der Waals surface area contributed by atoms with Crippen LogP contribution < -0.4 is 0 Å². The standard InChI is InChI=1S/C16H24BrN3O2/c1-4-15(21)18-6-5-7-19(9-8-18)16(22)14-10-13(17)11-20(14)12(2)3/h10-12H,4-9H2,1-3H3. The van der Waals surface area contributed by atoms with E-state index in [1.165, 1.54) is 0 Å². The lowest BCUT2D eigenvalue weighted by Crippen LogP contribution is -2.37. The number of carbonyl (C=O) groups excluding carboxylic acids is 2. The molecule has 122 valence electrons. The van der Waals surface area contributed by atoms with E-state index < -0.39 is 0 Å². The van der Waals surface area contributed by atoms with Gasteiger partial charge in [0.05, 0.1) is 0 Å². The van der Waals surface area contributed by atoms with Crippen molar-refractivity contribution in [3.05, 3.63) is 22.4 Å². The summed E-state index contributed by atoms with van der Waals surface area (Å²) in [6.07, 6.45) is 3.31. The van der Waals surface area contributed by atoms with Crippen LogP contribution in [0.5, 0.6) is 0 Å². The van der Waals surface area contributed by atoms with E-state index in [4.69, 9.17) is 0 Å². The molecule has 5 nitrogen and oxygen atoms in total. The minimum atomic E-state index is 0.0465. The molecule has 6 heteroatoms. The fraction of sp³-hybridized carbons (Fsp3) is 0.625. The summed E-state index contributed by atoms with van der Waals surface area (Å²) in [6, 6.07) is 2.11. The molecule has 0 unspecified atom stereocenters. The van der Waals surface area contributed by atoms with Crippen LogP contribution in [-0.2, 0) is 4.79 Å². The minimum absolute atomic E-state index is 0.0465. The van der Waals surface area contributed by atoms with Crippen molar-refractivity contribution in [1.29, 1.82) is 0 Å². The van der Waals surface area contributed by atoms with E-state index in [9.17, 15) is 9.59 Å². The van der Waals surface area contributed by atoms with Crippen LogP contribution in [0.4, 0.5) is 0 Å². The van der Waals surface area contributed by atoms with Gasteiger partial charge in [-0.05, 0) is 42.3 Å². The molecule has 2 rings (SSSR count). The minimum Gasteiger partial charge on any atom is -0.341 e. The third-order valence-electron chi connectivity index (χ3n) is 4.03. The number of amides is 2. The maximum Gasteiger partial charge on any atom is 0.270 e. The predicted molar refractivity (Wildman–Crippen MR) is 89.9 cm³/mol. The lowest BCUT2D eigenvalue weighted by molar-refractivity contribution is -0.130. The third kappa shape index (κ3) is 3.72. The maximum atomic E-state index is 12.8. The monoisotopic (exact) mass is 369 g/mol. The van der Waals surface area contributed by atoms with Crippen LogP contribution in [-0.4, -0.2) is 52.4 Å². The zero-order valence-electron chi connectivity index (χ0n) is 13.5. The van der Waals surface area contributed by atoms with Gasteiger partial charge >= 0.3 is 0 Å². The fourth-order valence-electron chi connectivity index (χ4n) is 2.80. The second-order valence-corrected chi connectivity index (χ2v) is 6.84.